The minimum absolute atomic E-state index is 0.146. The van der Waals surface area contributed by atoms with Crippen molar-refractivity contribution in [2.75, 3.05) is 0 Å². The third-order valence-electron chi connectivity index (χ3n) is 2.56. The molecular weight excluding hydrogens is 250 g/mol. The fourth-order valence-corrected chi connectivity index (χ4v) is 2.67. The van der Waals surface area contributed by atoms with Crippen LogP contribution in [0.5, 0.6) is 0 Å². The van der Waals surface area contributed by atoms with Gasteiger partial charge < -0.3 is 9.09 Å². The molecule has 0 fully saturated rings. The zero-order valence-corrected chi connectivity index (χ0v) is 10.3. The van der Waals surface area contributed by atoms with Gasteiger partial charge in [0.05, 0.1) is 16.4 Å². The molecule has 0 unspecified atom stereocenters. The topological polar surface area (TPSA) is 60.4 Å². The van der Waals surface area contributed by atoms with Gasteiger partial charge in [-0.25, -0.2) is 0 Å². The predicted octanol–water partition coefficient (Wildman–Crippen LogP) is 1.97. The molecule has 3 aromatic rings. The maximum atomic E-state index is 11.8. The molecule has 18 heavy (non-hydrogen) atoms. The Morgan fingerprint density at radius 2 is 2.22 bits per heavy atom. The van der Waals surface area contributed by atoms with Crippen LogP contribution >= 0.6 is 11.3 Å². The Morgan fingerprint density at radius 1 is 1.39 bits per heavy atom. The van der Waals surface area contributed by atoms with E-state index in [0.717, 1.165) is 10.2 Å². The Balaban J connectivity index is 2.15. The summed E-state index contributed by atoms with van der Waals surface area (Å²) in [5, 5.41) is 3.49. The molecule has 0 radical (unpaired) electrons. The van der Waals surface area contributed by atoms with Crippen molar-refractivity contribution in [3.05, 3.63) is 47.1 Å². The number of fused-ring (bicyclic) bond motifs is 1. The lowest BCUT2D eigenvalue weighted by Gasteiger charge is -1.93. The largest absolute Gasteiger partial charge is 0.351 e. The van der Waals surface area contributed by atoms with Gasteiger partial charge in [0.1, 0.15) is 0 Å². The number of hydrogen-bond donors (Lipinski definition) is 0. The average molecular weight is 259 g/mol. The Bertz CT molecular complexity index is 768. The van der Waals surface area contributed by atoms with Crippen molar-refractivity contribution in [2.45, 2.75) is 0 Å². The fraction of sp³-hybridized carbons (Fsp3) is 0.0833. The van der Waals surface area contributed by atoms with Crippen LogP contribution in [-0.4, -0.2) is 15.6 Å². The number of nitrogens with zero attached hydrogens (tertiary/aromatic N) is 3. The van der Waals surface area contributed by atoms with Gasteiger partial charge in [-0.2, -0.15) is 4.99 Å². The molecule has 3 rings (SSSR count). The number of hydrogen-bond acceptors (Lipinski definition) is 4. The van der Waals surface area contributed by atoms with Crippen molar-refractivity contribution in [1.82, 2.24) is 9.72 Å². The Morgan fingerprint density at radius 3 is 2.94 bits per heavy atom. The van der Waals surface area contributed by atoms with Crippen molar-refractivity contribution in [2.24, 2.45) is 12.0 Å². The lowest BCUT2D eigenvalue weighted by Crippen LogP contribution is -2.12. The quantitative estimate of drug-likeness (QED) is 0.671. The normalized spacial score (nSPS) is 12.2. The van der Waals surface area contributed by atoms with Crippen LogP contribution < -0.4 is 4.80 Å². The molecule has 2 heterocycles. The number of benzene rings is 1. The highest BCUT2D eigenvalue weighted by atomic mass is 32.1. The van der Waals surface area contributed by atoms with E-state index in [9.17, 15) is 4.79 Å². The van der Waals surface area contributed by atoms with Crippen LogP contribution in [0.1, 0.15) is 10.6 Å². The second-order valence-electron chi connectivity index (χ2n) is 3.71. The van der Waals surface area contributed by atoms with Crippen molar-refractivity contribution < 1.29 is 9.32 Å². The summed E-state index contributed by atoms with van der Waals surface area (Å²) in [5.41, 5.74) is 1.05. The summed E-state index contributed by atoms with van der Waals surface area (Å²) in [7, 11) is 1.88. The Labute approximate surface area is 106 Å². The molecule has 0 spiro atoms. The first-order valence-electron chi connectivity index (χ1n) is 5.30. The highest BCUT2D eigenvalue weighted by molar-refractivity contribution is 7.16. The van der Waals surface area contributed by atoms with E-state index in [0.29, 0.717) is 4.80 Å². The van der Waals surface area contributed by atoms with Crippen LogP contribution in [0, 0.1) is 0 Å². The minimum atomic E-state index is -0.422. The summed E-state index contributed by atoms with van der Waals surface area (Å²) in [6, 6.07) is 9.40. The SMILES string of the molecule is Cn1c(=NC(=O)c2ccno2)sc2ccccc21. The number of thiazole rings is 1. The van der Waals surface area contributed by atoms with Crippen LogP contribution in [0.2, 0.25) is 0 Å². The second-order valence-corrected chi connectivity index (χ2v) is 4.71. The minimum Gasteiger partial charge on any atom is -0.351 e. The molecule has 90 valence electrons. The molecule has 0 aliphatic rings. The van der Waals surface area contributed by atoms with E-state index in [-0.39, 0.29) is 5.76 Å². The van der Waals surface area contributed by atoms with Crippen LogP contribution in [-0.2, 0) is 7.05 Å². The lowest BCUT2D eigenvalue weighted by atomic mass is 10.3. The number of aromatic nitrogens is 2. The molecule has 1 amide bonds. The zero-order valence-electron chi connectivity index (χ0n) is 9.53. The van der Waals surface area contributed by atoms with Gasteiger partial charge >= 0.3 is 5.91 Å². The van der Waals surface area contributed by atoms with Gasteiger partial charge in [-0.1, -0.05) is 28.6 Å². The van der Waals surface area contributed by atoms with E-state index in [4.69, 9.17) is 4.52 Å². The molecule has 0 aliphatic heterocycles. The molecule has 0 bridgehead atoms. The van der Waals surface area contributed by atoms with E-state index in [1.54, 1.807) is 0 Å². The van der Waals surface area contributed by atoms with Gasteiger partial charge in [0, 0.05) is 13.1 Å². The van der Waals surface area contributed by atoms with Gasteiger partial charge in [-0.05, 0) is 12.1 Å². The molecule has 0 N–H and O–H groups in total. The predicted molar refractivity (Wildman–Crippen MR) is 67.2 cm³/mol. The monoisotopic (exact) mass is 259 g/mol. The zero-order chi connectivity index (χ0) is 12.5. The van der Waals surface area contributed by atoms with Gasteiger partial charge in [-0.15, -0.1) is 0 Å². The summed E-state index contributed by atoms with van der Waals surface area (Å²) in [6.45, 7) is 0. The maximum absolute atomic E-state index is 11.8. The number of amides is 1. The van der Waals surface area contributed by atoms with E-state index in [2.05, 4.69) is 10.1 Å². The first-order chi connectivity index (χ1) is 8.75. The smallest absolute Gasteiger partial charge is 0.318 e. The van der Waals surface area contributed by atoms with E-state index in [1.807, 2.05) is 35.9 Å². The average Bonchev–Trinajstić information content (AvgIpc) is 3.00. The van der Waals surface area contributed by atoms with Gasteiger partial charge in [-0.3, -0.25) is 4.79 Å². The van der Waals surface area contributed by atoms with Gasteiger partial charge in [0.2, 0.25) is 5.76 Å². The first kappa shape index (κ1) is 10.9. The summed E-state index contributed by atoms with van der Waals surface area (Å²) in [5.74, 6) is -0.276. The van der Waals surface area contributed by atoms with Crippen molar-refractivity contribution >= 4 is 27.5 Å². The molecule has 0 saturated carbocycles. The molecule has 1 aromatic carbocycles. The van der Waals surface area contributed by atoms with Gasteiger partial charge in [0.15, 0.2) is 4.80 Å². The second kappa shape index (κ2) is 4.23. The van der Waals surface area contributed by atoms with Crippen molar-refractivity contribution in [3.63, 3.8) is 0 Å². The van der Waals surface area contributed by atoms with E-state index < -0.39 is 5.91 Å². The van der Waals surface area contributed by atoms with E-state index in [1.165, 1.54) is 23.6 Å². The van der Waals surface area contributed by atoms with Crippen LogP contribution in [0.25, 0.3) is 10.2 Å². The van der Waals surface area contributed by atoms with Crippen LogP contribution in [0.4, 0.5) is 0 Å². The molecule has 6 heteroatoms. The highest BCUT2D eigenvalue weighted by Crippen LogP contribution is 2.15. The van der Waals surface area contributed by atoms with Crippen molar-refractivity contribution in [3.8, 4) is 0 Å². The summed E-state index contributed by atoms with van der Waals surface area (Å²) in [6.07, 6.45) is 1.42. The third kappa shape index (κ3) is 1.76. The number of carbonyl (C=O) groups excluding carboxylic acids is 1. The number of rotatable bonds is 1. The number of carbonyl (C=O) groups is 1. The maximum Gasteiger partial charge on any atom is 0.318 e. The van der Waals surface area contributed by atoms with Crippen LogP contribution in [0.15, 0.2) is 46.0 Å². The molecule has 5 nitrogen and oxygen atoms in total. The molecule has 0 saturated heterocycles. The van der Waals surface area contributed by atoms with Gasteiger partial charge in [0.25, 0.3) is 0 Å². The van der Waals surface area contributed by atoms with E-state index >= 15 is 0 Å². The standard InChI is InChI=1S/C12H9N3O2S/c1-15-8-4-2-3-5-10(8)18-12(15)14-11(16)9-6-7-13-17-9/h2-7H,1H3. The molecule has 0 atom stereocenters. The highest BCUT2D eigenvalue weighted by Gasteiger charge is 2.09. The molecule has 2 aromatic heterocycles. The Kier molecular flexibility index (Phi) is 2.56. The molecule has 0 aliphatic carbocycles. The molecular formula is C12H9N3O2S. The lowest BCUT2D eigenvalue weighted by molar-refractivity contribution is 0.0962. The van der Waals surface area contributed by atoms with Crippen molar-refractivity contribution in [1.29, 1.82) is 0 Å². The summed E-state index contributed by atoms with van der Waals surface area (Å²) >= 11 is 1.46. The number of aryl methyl sites for hydroxylation is 1. The fourth-order valence-electron chi connectivity index (χ4n) is 1.66. The number of para-hydroxylation sites is 1. The first-order valence-corrected chi connectivity index (χ1v) is 6.11. The van der Waals surface area contributed by atoms with Crippen LogP contribution in [0.3, 0.4) is 0 Å². The summed E-state index contributed by atoms with van der Waals surface area (Å²) in [4.78, 5) is 16.5. The summed E-state index contributed by atoms with van der Waals surface area (Å²) < 4.78 is 7.75. The Hall–Kier alpha value is -2.21. The third-order valence-corrected chi connectivity index (χ3v) is 3.67.